The van der Waals surface area contributed by atoms with Gasteiger partial charge in [-0.2, -0.15) is 0 Å². The lowest BCUT2D eigenvalue weighted by Crippen LogP contribution is -2.43. The maximum Gasteiger partial charge on any atom is 0.303 e. The molecule has 5 atom stereocenters. The lowest BCUT2D eigenvalue weighted by Gasteiger charge is -2.40. The van der Waals surface area contributed by atoms with E-state index in [9.17, 15) is 4.79 Å². The molecule has 3 saturated carbocycles. The molecule has 3 rings (SSSR count). The van der Waals surface area contributed by atoms with Crippen molar-refractivity contribution in [3.05, 3.63) is 12.2 Å². The van der Waals surface area contributed by atoms with Crippen LogP contribution < -0.4 is 0 Å². The van der Waals surface area contributed by atoms with E-state index in [4.69, 9.17) is 4.74 Å². The number of carbonyl (C=O) groups excluding carboxylic acids is 1. The van der Waals surface area contributed by atoms with Crippen molar-refractivity contribution in [3.8, 4) is 0 Å². The molecule has 17 heavy (non-hydrogen) atoms. The first-order chi connectivity index (χ1) is 8.16. The highest BCUT2D eigenvalue weighted by Crippen LogP contribution is 2.63. The monoisotopic (exact) mass is 234 g/mol. The van der Waals surface area contributed by atoms with Gasteiger partial charge in [0.05, 0.1) is 0 Å². The van der Waals surface area contributed by atoms with Crippen LogP contribution in [0.2, 0.25) is 0 Å². The van der Waals surface area contributed by atoms with Crippen molar-refractivity contribution in [3.63, 3.8) is 0 Å². The van der Waals surface area contributed by atoms with Gasteiger partial charge in [-0.05, 0) is 56.4 Å². The predicted molar refractivity (Wildman–Crippen MR) is 66.4 cm³/mol. The number of fused-ring (bicyclic) bond motifs is 5. The molecule has 3 aliphatic rings. The van der Waals surface area contributed by atoms with E-state index in [2.05, 4.69) is 12.2 Å². The second kappa shape index (κ2) is 3.86. The molecule has 0 radical (unpaired) electrons. The molecule has 0 aliphatic heterocycles. The Labute approximate surface area is 103 Å². The fourth-order valence-electron chi connectivity index (χ4n) is 5.03. The molecule has 0 aromatic heterocycles. The van der Waals surface area contributed by atoms with Crippen molar-refractivity contribution >= 4 is 5.97 Å². The van der Waals surface area contributed by atoms with Gasteiger partial charge in [0, 0.05) is 12.8 Å². The van der Waals surface area contributed by atoms with Gasteiger partial charge in [0.15, 0.2) is 0 Å². The minimum atomic E-state index is -0.253. The zero-order valence-electron chi connectivity index (χ0n) is 10.8. The average molecular weight is 234 g/mol. The van der Waals surface area contributed by atoms with E-state index < -0.39 is 0 Å². The number of hydrogen-bond acceptors (Lipinski definition) is 2. The molecule has 94 valence electrons. The van der Waals surface area contributed by atoms with E-state index in [0.717, 1.165) is 24.2 Å². The molecule has 2 nitrogen and oxygen atoms in total. The zero-order valence-corrected chi connectivity index (χ0v) is 10.8. The normalized spacial score (nSPS) is 47.6. The Hall–Kier alpha value is -0.790. The van der Waals surface area contributed by atoms with Gasteiger partial charge in [0.1, 0.15) is 5.60 Å². The molecule has 0 spiro atoms. The van der Waals surface area contributed by atoms with Crippen molar-refractivity contribution in [2.45, 2.75) is 51.6 Å². The van der Waals surface area contributed by atoms with Crippen molar-refractivity contribution in [1.82, 2.24) is 0 Å². The molecule has 2 bridgehead atoms. The smallest absolute Gasteiger partial charge is 0.303 e. The van der Waals surface area contributed by atoms with Gasteiger partial charge in [0.25, 0.3) is 0 Å². The summed E-state index contributed by atoms with van der Waals surface area (Å²) in [5.74, 6) is 3.05. The molecule has 2 heteroatoms. The van der Waals surface area contributed by atoms with Gasteiger partial charge in [-0.1, -0.05) is 12.5 Å². The third kappa shape index (κ3) is 1.56. The molecule has 3 aliphatic carbocycles. The van der Waals surface area contributed by atoms with Crippen LogP contribution in [0.4, 0.5) is 0 Å². The van der Waals surface area contributed by atoms with Crippen LogP contribution in [0, 0.1) is 23.7 Å². The Kier molecular flexibility index (Phi) is 2.57. The molecule has 3 fully saturated rings. The molecule has 0 aromatic rings. The van der Waals surface area contributed by atoms with E-state index >= 15 is 0 Å². The molecule has 0 heterocycles. The average Bonchev–Trinajstić information content (AvgIpc) is 2.85. The second-order valence-corrected chi connectivity index (χ2v) is 6.11. The third-order valence-electron chi connectivity index (χ3n) is 5.30. The highest BCUT2D eigenvalue weighted by atomic mass is 16.6. The van der Waals surface area contributed by atoms with Gasteiger partial charge in [0.2, 0.25) is 0 Å². The van der Waals surface area contributed by atoms with E-state index in [1.54, 1.807) is 6.92 Å². The third-order valence-corrected chi connectivity index (χ3v) is 5.30. The minimum absolute atomic E-state index is 0.120. The quantitative estimate of drug-likeness (QED) is 0.541. The lowest BCUT2D eigenvalue weighted by atomic mass is 9.72. The largest absolute Gasteiger partial charge is 0.455 e. The Balaban J connectivity index is 1.89. The summed E-state index contributed by atoms with van der Waals surface area (Å²) < 4.78 is 5.76. The van der Waals surface area contributed by atoms with Crippen molar-refractivity contribution < 1.29 is 9.53 Å². The first-order valence-electron chi connectivity index (χ1n) is 7.00. The summed E-state index contributed by atoms with van der Waals surface area (Å²) >= 11 is 0. The summed E-state index contributed by atoms with van der Waals surface area (Å²) in [6.45, 7) is 3.58. The van der Waals surface area contributed by atoms with E-state index in [0.29, 0.717) is 5.92 Å². The van der Waals surface area contributed by atoms with Crippen molar-refractivity contribution in [1.29, 1.82) is 0 Å². The van der Waals surface area contributed by atoms with E-state index in [1.165, 1.54) is 25.7 Å². The van der Waals surface area contributed by atoms with Crippen LogP contribution in [-0.4, -0.2) is 11.6 Å². The van der Waals surface area contributed by atoms with Crippen LogP contribution >= 0.6 is 0 Å². The maximum atomic E-state index is 11.4. The lowest BCUT2D eigenvalue weighted by molar-refractivity contribution is -0.159. The first kappa shape index (κ1) is 11.3. The summed E-state index contributed by atoms with van der Waals surface area (Å²) in [4.78, 5) is 11.4. The summed E-state index contributed by atoms with van der Waals surface area (Å²) in [5, 5.41) is 0. The number of carbonyl (C=O) groups is 1. The summed E-state index contributed by atoms with van der Waals surface area (Å²) in [6, 6.07) is 0. The first-order valence-corrected chi connectivity index (χ1v) is 7.00. The van der Waals surface area contributed by atoms with Gasteiger partial charge >= 0.3 is 5.97 Å². The number of hydrogen-bond donors (Lipinski definition) is 0. The zero-order chi connectivity index (χ0) is 12.0. The Morgan fingerprint density at radius 1 is 1.35 bits per heavy atom. The molecule has 0 aromatic carbocycles. The van der Waals surface area contributed by atoms with Crippen LogP contribution in [0.3, 0.4) is 0 Å². The Morgan fingerprint density at radius 2 is 2.12 bits per heavy atom. The molecule has 0 saturated heterocycles. The summed E-state index contributed by atoms with van der Waals surface area (Å²) in [6.07, 6.45) is 10.7. The van der Waals surface area contributed by atoms with Gasteiger partial charge in [-0.15, -0.1) is 0 Å². The predicted octanol–water partition coefficient (Wildman–Crippen LogP) is 3.32. The maximum absolute atomic E-state index is 11.4. The highest BCUT2D eigenvalue weighted by Gasteiger charge is 2.61. The van der Waals surface area contributed by atoms with Gasteiger partial charge < -0.3 is 4.74 Å². The van der Waals surface area contributed by atoms with Crippen LogP contribution in [0.5, 0.6) is 0 Å². The van der Waals surface area contributed by atoms with Crippen molar-refractivity contribution in [2.75, 3.05) is 0 Å². The second-order valence-electron chi connectivity index (χ2n) is 6.11. The van der Waals surface area contributed by atoms with Crippen LogP contribution in [0.25, 0.3) is 0 Å². The topological polar surface area (TPSA) is 26.3 Å². The molecular formula is C15H22O2. The van der Waals surface area contributed by atoms with Crippen LogP contribution in [-0.2, 0) is 9.53 Å². The van der Waals surface area contributed by atoms with Gasteiger partial charge in [-0.3, -0.25) is 4.79 Å². The number of esters is 1. The fourth-order valence-corrected chi connectivity index (χ4v) is 5.03. The Bertz CT molecular complexity index is 360. The summed E-state index contributed by atoms with van der Waals surface area (Å²) in [7, 11) is 0. The van der Waals surface area contributed by atoms with E-state index in [1.807, 2.05) is 6.92 Å². The highest BCUT2D eigenvalue weighted by molar-refractivity contribution is 5.67. The molecule has 0 N–H and O–H groups in total. The number of allylic oxidation sites excluding steroid dienone is 1. The van der Waals surface area contributed by atoms with Crippen LogP contribution in [0.1, 0.15) is 46.0 Å². The Morgan fingerprint density at radius 3 is 2.82 bits per heavy atom. The number of rotatable bonds is 2. The number of ether oxygens (including phenoxy) is 1. The molecule has 5 unspecified atom stereocenters. The standard InChI is InChI=1S/C15H22O2/c1-3-7-15(17-10(2)16)9-11-8-14(15)13-6-4-5-12(11)13/h3,7,11-14H,4-6,8-9H2,1-2H3/b7-3+. The minimum Gasteiger partial charge on any atom is -0.455 e. The van der Waals surface area contributed by atoms with Gasteiger partial charge in [-0.25, -0.2) is 0 Å². The summed E-state index contributed by atoms with van der Waals surface area (Å²) in [5.41, 5.74) is -0.253. The fraction of sp³-hybridized carbons (Fsp3) is 0.800. The molecular weight excluding hydrogens is 212 g/mol. The van der Waals surface area contributed by atoms with Crippen molar-refractivity contribution in [2.24, 2.45) is 23.7 Å². The van der Waals surface area contributed by atoms with E-state index in [-0.39, 0.29) is 11.6 Å². The SMILES string of the molecule is C/C=C/C1(OC(C)=O)CC2CC1C1CCCC21. The molecule has 0 amide bonds. The van der Waals surface area contributed by atoms with Crippen LogP contribution in [0.15, 0.2) is 12.2 Å².